The molecule has 3 aliphatic rings. The van der Waals surface area contributed by atoms with Gasteiger partial charge < -0.3 is 19.3 Å². The highest BCUT2D eigenvalue weighted by atomic mass is 16.6. The number of carbonyl (C=O) groups excluding carboxylic acids is 3. The Morgan fingerprint density at radius 1 is 0.939 bits per heavy atom. The van der Waals surface area contributed by atoms with Gasteiger partial charge in [-0.05, 0) is 29.2 Å². The van der Waals surface area contributed by atoms with Gasteiger partial charge in [0, 0.05) is 19.6 Å². The molecule has 2 aromatic rings. The third-order valence-corrected chi connectivity index (χ3v) is 7.00. The first kappa shape index (κ1) is 21.7. The zero-order chi connectivity index (χ0) is 22.8. The van der Waals surface area contributed by atoms with Crippen molar-refractivity contribution in [1.82, 2.24) is 14.7 Å². The topological polar surface area (TPSA) is 79.4 Å². The summed E-state index contributed by atoms with van der Waals surface area (Å²) in [5, 5.41) is 2.32. The fourth-order valence-corrected chi connectivity index (χ4v) is 5.07. The first-order valence-corrected chi connectivity index (χ1v) is 11.6. The second kappa shape index (κ2) is 9.02. The van der Waals surface area contributed by atoms with Crippen LogP contribution in [0.15, 0.2) is 42.5 Å². The lowest BCUT2D eigenvalue weighted by Gasteiger charge is -2.42. The third kappa shape index (κ3) is 4.53. The number of piperidine rings is 1. The van der Waals surface area contributed by atoms with Crippen LogP contribution in [0.3, 0.4) is 0 Å². The minimum Gasteiger partial charge on any atom is -0.448 e. The number of benzene rings is 2. The number of likely N-dealkylation sites (tertiary alicyclic amines) is 1. The quantitative estimate of drug-likeness (QED) is 0.713. The molecule has 0 atom stereocenters. The highest BCUT2D eigenvalue weighted by Gasteiger charge is 2.41. The lowest BCUT2D eigenvalue weighted by Crippen LogP contribution is -2.54. The monoisotopic (exact) mass is 451 g/mol. The molecule has 1 spiro atoms. The predicted molar refractivity (Wildman–Crippen MR) is 121 cm³/mol. The zero-order valence-electron chi connectivity index (χ0n) is 18.7. The molecule has 174 valence electrons. The average Bonchev–Trinajstić information content (AvgIpc) is 3.16. The Hall–Kier alpha value is -3.13. The van der Waals surface area contributed by atoms with E-state index in [1.165, 1.54) is 4.90 Å². The molecule has 0 radical (unpaired) electrons. The van der Waals surface area contributed by atoms with Gasteiger partial charge in [0.25, 0.3) is 0 Å². The van der Waals surface area contributed by atoms with Crippen molar-refractivity contribution in [3.05, 3.63) is 48.0 Å². The second-order valence-electron chi connectivity index (χ2n) is 9.09. The lowest BCUT2D eigenvalue weighted by molar-refractivity contribution is -0.140. The highest BCUT2D eigenvalue weighted by molar-refractivity contribution is 5.86. The van der Waals surface area contributed by atoms with Crippen LogP contribution in [0.1, 0.15) is 24.8 Å². The Morgan fingerprint density at radius 3 is 2.52 bits per heavy atom. The summed E-state index contributed by atoms with van der Waals surface area (Å²) in [6.45, 7) is 3.42. The standard InChI is InChI=1S/C25H29N3O5/c29-22-8-14-33-25(9-11-26(12-10-25)23(30)17-27-13-15-32-24(27)31)18-28(22)16-20-6-3-5-19-4-1-2-7-21(19)20/h1-7H,8-18H2. The van der Waals surface area contributed by atoms with Crippen LogP contribution in [0.4, 0.5) is 4.79 Å². The molecule has 0 N–H and O–H groups in total. The summed E-state index contributed by atoms with van der Waals surface area (Å²) in [6, 6.07) is 14.4. The van der Waals surface area contributed by atoms with Gasteiger partial charge in [-0.3, -0.25) is 14.5 Å². The van der Waals surface area contributed by atoms with Gasteiger partial charge in [0.05, 0.1) is 31.7 Å². The van der Waals surface area contributed by atoms with Gasteiger partial charge in [-0.25, -0.2) is 4.79 Å². The molecule has 0 unspecified atom stereocenters. The van der Waals surface area contributed by atoms with E-state index in [4.69, 9.17) is 9.47 Å². The fourth-order valence-electron chi connectivity index (χ4n) is 5.07. The minimum atomic E-state index is -0.444. The number of rotatable bonds is 4. The SMILES string of the molecule is O=C(CN1CCOC1=O)N1CCC2(CC1)CN(Cc1cccc3ccccc13)C(=O)CCO2. The third-order valence-electron chi connectivity index (χ3n) is 7.00. The van der Waals surface area contributed by atoms with Crippen LogP contribution in [0.25, 0.3) is 10.8 Å². The van der Waals surface area contributed by atoms with E-state index in [0.717, 1.165) is 16.3 Å². The van der Waals surface area contributed by atoms with E-state index < -0.39 is 11.7 Å². The van der Waals surface area contributed by atoms with Crippen molar-refractivity contribution >= 4 is 28.7 Å². The molecule has 3 heterocycles. The van der Waals surface area contributed by atoms with Gasteiger partial charge in [-0.1, -0.05) is 42.5 Å². The molecular weight excluding hydrogens is 422 g/mol. The number of carbonyl (C=O) groups is 3. The molecule has 8 heteroatoms. The first-order chi connectivity index (χ1) is 16.0. The van der Waals surface area contributed by atoms with E-state index in [1.54, 1.807) is 4.90 Å². The summed E-state index contributed by atoms with van der Waals surface area (Å²) in [5.41, 5.74) is 0.684. The van der Waals surface area contributed by atoms with E-state index in [1.807, 2.05) is 23.1 Å². The maximum absolute atomic E-state index is 12.9. The highest BCUT2D eigenvalue weighted by Crippen LogP contribution is 2.31. The van der Waals surface area contributed by atoms with Crippen LogP contribution >= 0.6 is 0 Å². The number of amides is 3. The molecule has 0 aromatic heterocycles. The largest absolute Gasteiger partial charge is 0.448 e. The fraction of sp³-hybridized carbons (Fsp3) is 0.480. The lowest BCUT2D eigenvalue weighted by atomic mass is 9.90. The van der Waals surface area contributed by atoms with Crippen molar-refractivity contribution < 1.29 is 23.9 Å². The van der Waals surface area contributed by atoms with E-state index in [-0.39, 0.29) is 18.4 Å². The van der Waals surface area contributed by atoms with Crippen LogP contribution in [-0.2, 0) is 25.6 Å². The molecule has 3 saturated heterocycles. The van der Waals surface area contributed by atoms with Gasteiger partial charge >= 0.3 is 6.09 Å². The van der Waals surface area contributed by atoms with Crippen molar-refractivity contribution in [3.8, 4) is 0 Å². The van der Waals surface area contributed by atoms with Crippen LogP contribution in [-0.4, -0.2) is 84.1 Å². The molecule has 3 fully saturated rings. The Labute approximate surface area is 193 Å². The Balaban J connectivity index is 1.26. The molecule has 0 bridgehead atoms. The molecule has 0 saturated carbocycles. The second-order valence-corrected chi connectivity index (χ2v) is 9.09. The number of fused-ring (bicyclic) bond motifs is 1. The zero-order valence-corrected chi connectivity index (χ0v) is 18.7. The summed E-state index contributed by atoms with van der Waals surface area (Å²) in [4.78, 5) is 42.4. The summed E-state index contributed by atoms with van der Waals surface area (Å²) >= 11 is 0. The summed E-state index contributed by atoms with van der Waals surface area (Å²) in [6.07, 6.45) is 1.28. The summed E-state index contributed by atoms with van der Waals surface area (Å²) in [7, 11) is 0. The smallest absolute Gasteiger partial charge is 0.410 e. The van der Waals surface area contributed by atoms with Crippen LogP contribution in [0.2, 0.25) is 0 Å². The van der Waals surface area contributed by atoms with Gasteiger partial charge in [-0.2, -0.15) is 0 Å². The molecule has 3 aliphatic heterocycles. The number of hydrogen-bond donors (Lipinski definition) is 0. The van der Waals surface area contributed by atoms with E-state index in [2.05, 4.69) is 24.3 Å². The van der Waals surface area contributed by atoms with Crippen molar-refractivity contribution in [2.24, 2.45) is 0 Å². The van der Waals surface area contributed by atoms with Crippen molar-refractivity contribution in [2.75, 3.05) is 45.9 Å². The molecule has 8 nitrogen and oxygen atoms in total. The van der Waals surface area contributed by atoms with Gasteiger partial charge in [-0.15, -0.1) is 0 Å². The van der Waals surface area contributed by atoms with Gasteiger partial charge in [0.2, 0.25) is 11.8 Å². The summed E-state index contributed by atoms with van der Waals surface area (Å²) in [5.74, 6) is 0.0341. The molecule has 33 heavy (non-hydrogen) atoms. The number of ether oxygens (including phenoxy) is 2. The van der Waals surface area contributed by atoms with E-state index >= 15 is 0 Å². The number of hydrogen-bond acceptors (Lipinski definition) is 5. The molecular formula is C25H29N3O5. The normalized spacial score (nSPS) is 20.9. The number of cyclic esters (lactones) is 1. The molecule has 3 amide bonds. The van der Waals surface area contributed by atoms with Gasteiger partial charge in [0.15, 0.2) is 0 Å². The first-order valence-electron chi connectivity index (χ1n) is 11.6. The van der Waals surface area contributed by atoms with Crippen LogP contribution in [0.5, 0.6) is 0 Å². The van der Waals surface area contributed by atoms with E-state index in [0.29, 0.717) is 65.2 Å². The van der Waals surface area contributed by atoms with Gasteiger partial charge in [0.1, 0.15) is 13.2 Å². The molecule has 2 aromatic carbocycles. The van der Waals surface area contributed by atoms with Crippen molar-refractivity contribution in [3.63, 3.8) is 0 Å². The van der Waals surface area contributed by atoms with Crippen molar-refractivity contribution in [2.45, 2.75) is 31.4 Å². The molecule has 0 aliphatic carbocycles. The molecule has 5 rings (SSSR count). The Bertz CT molecular complexity index is 1060. The summed E-state index contributed by atoms with van der Waals surface area (Å²) < 4.78 is 11.2. The average molecular weight is 452 g/mol. The minimum absolute atomic E-state index is 0.0540. The number of nitrogens with zero attached hydrogens (tertiary/aromatic N) is 3. The Kier molecular flexibility index (Phi) is 5.93. The van der Waals surface area contributed by atoms with Crippen LogP contribution in [0, 0.1) is 0 Å². The van der Waals surface area contributed by atoms with Crippen LogP contribution < -0.4 is 0 Å². The maximum Gasteiger partial charge on any atom is 0.410 e. The van der Waals surface area contributed by atoms with Crippen molar-refractivity contribution in [1.29, 1.82) is 0 Å². The van der Waals surface area contributed by atoms with E-state index in [9.17, 15) is 14.4 Å². The maximum atomic E-state index is 12.9. The predicted octanol–water partition coefficient (Wildman–Crippen LogP) is 2.40. The Morgan fingerprint density at radius 2 is 1.73 bits per heavy atom.